The van der Waals surface area contributed by atoms with Crippen molar-refractivity contribution in [1.29, 1.82) is 0 Å². The highest BCUT2D eigenvalue weighted by molar-refractivity contribution is 5.94. The van der Waals surface area contributed by atoms with Crippen molar-refractivity contribution < 1.29 is 14.3 Å². The molecule has 5 aromatic rings. The van der Waals surface area contributed by atoms with Gasteiger partial charge in [0.1, 0.15) is 18.0 Å². The van der Waals surface area contributed by atoms with Gasteiger partial charge in [-0.25, -0.2) is 14.4 Å². The van der Waals surface area contributed by atoms with Crippen LogP contribution in [0.4, 0.5) is 21.7 Å². The van der Waals surface area contributed by atoms with Crippen molar-refractivity contribution >= 4 is 23.2 Å². The second-order valence-electron chi connectivity index (χ2n) is 8.50. The molecule has 2 aromatic heterocycles. The molecule has 4 N–H and O–H groups in total. The zero-order chi connectivity index (χ0) is 27.2. The number of pyridine rings is 1. The van der Waals surface area contributed by atoms with E-state index in [9.17, 15) is 14.3 Å². The van der Waals surface area contributed by atoms with Crippen LogP contribution in [0.15, 0.2) is 108 Å². The van der Waals surface area contributed by atoms with Gasteiger partial charge in [0.15, 0.2) is 5.82 Å². The summed E-state index contributed by atoms with van der Waals surface area (Å²) in [5, 5.41) is 21.0. The van der Waals surface area contributed by atoms with Gasteiger partial charge in [-0.15, -0.1) is 5.11 Å². The maximum atomic E-state index is 14.3. The Kier molecular flexibility index (Phi) is 7.26. The molecule has 0 unspecified atom stereocenters. The minimum atomic E-state index is -0.658. The van der Waals surface area contributed by atoms with Crippen LogP contribution in [0.3, 0.4) is 0 Å². The first-order chi connectivity index (χ1) is 18.9. The molecule has 192 valence electrons. The Morgan fingerprint density at radius 3 is 2.38 bits per heavy atom. The average Bonchev–Trinajstić information content (AvgIpc) is 2.95. The van der Waals surface area contributed by atoms with E-state index in [4.69, 9.17) is 5.73 Å². The Morgan fingerprint density at radius 1 is 0.872 bits per heavy atom. The van der Waals surface area contributed by atoms with Crippen molar-refractivity contribution in [3.8, 4) is 28.1 Å². The van der Waals surface area contributed by atoms with Gasteiger partial charge in [0.2, 0.25) is 5.91 Å². The first-order valence-corrected chi connectivity index (χ1v) is 11.9. The van der Waals surface area contributed by atoms with Crippen LogP contribution < -0.4 is 11.1 Å². The molecule has 0 aliphatic heterocycles. The van der Waals surface area contributed by atoms with Crippen LogP contribution >= 0.6 is 0 Å². The number of nitrogens with one attached hydrogen (secondary N) is 1. The number of hydrogen-bond acceptors (Lipinski definition) is 8. The number of hydrogen-bond donors (Lipinski definition) is 3. The topological polar surface area (TPSA) is 139 Å². The molecule has 10 heteroatoms. The summed E-state index contributed by atoms with van der Waals surface area (Å²) in [7, 11) is 0. The molecule has 0 fully saturated rings. The number of aromatic hydroxyl groups is 1. The number of nitrogens with zero attached hydrogens (tertiary/aromatic N) is 5. The number of benzene rings is 3. The van der Waals surface area contributed by atoms with Crippen molar-refractivity contribution in [1.82, 2.24) is 15.0 Å². The number of amides is 1. The van der Waals surface area contributed by atoms with Gasteiger partial charge < -0.3 is 16.2 Å². The van der Waals surface area contributed by atoms with Crippen molar-refractivity contribution in [2.45, 2.75) is 6.54 Å². The second kappa shape index (κ2) is 11.3. The number of anilines is 2. The predicted molar refractivity (Wildman–Crippen MR) is 145 cm³/mol. The number of primary amides is 1. The highest BCUT2D eigenvalue weighted by Gasteiger charge is 2.11. The molecular formula is C29H22FN7O2. The molecule has 3 aromatic carbocycles. The lowest BCUT2D eigenvalue weighted by Gasteiger charge is -2.08. The van der Waals surface area contributed by atoms with E-state index in [0.717, 1.165) is 28.7 Å². The van der Waals surface area contributed by atoms with Gasteiger partial charge in [-0.1, -0.05) is 36.4 Å². The van der Waals surface area contributed by atoms with Gasteiger partial charge in [-0.3, -0.25) is 9.78 Å². The van der Waals surface area contributed by atoms with Crippen LogP contribution in [0.25, 0.3) is 22.4 Å². The number of aromatic nitrogens is 3. The zero-order valence-electron chi connectivity index (χ0n) is 20.5. The smallest absolute Gasteiger partial charge is 0.269 e. The number of azo groups is 1. The summed E-state index contributed by atoms with van der Waals surface area (Å²) in [5.41, 5.74) is 10.2. The number of phenols is 1. The Bertz CT molecular complexity index is 1660. The summed E-state index contributed by atoms with van der Waals surface area (Å²) in [6.07, 6.45) is 2.69. The maximum Gasteiger partial charge on any atom is 0.269 e. The number of halogens is 1. The summed E-state index contributed by atoms with van der Waals surface area (Å²) in [6, 6.07) is 24.8. The second-order valence-corrected chi connectivity index (χ2v) is 8.50. The minimum absolute atomic E-state index is 0.00875. The average molecular weight is 520 g/mol. The predicted octanol–water partition coefficient (Wildman–Crippen LogP) is 6.18. The van der Waals surface area contributed by atoms with Gasteiger partial charge in [0.25, 0.3) is 5.95 Å². The van der Waals surface area contributed by atoms with Crippen LogP contribution in [0.5, 0.6) is 5.75 Å². The summed E-state index contributed by atoms with van der Waals surface area (Å²) in [4.78, 5) is 23.8. The first kappa shape index (κ1) is 25.2. The van der Waals surface area contributed by atoms with Crippen LogP contribution in [0.2, 0.25) is 0 Å². The molecule has 0 radical (unpaired) electrons. The number of rotatable bonds is 8. The summed E-state index contributed by atoms with van der Waals surface area (Å²) in [5.74, 6) is -1.08. The lowest BCUT2D eigenvalue weighted by atomic mass is 10.1. The van der Waals surface area contributed by atoms with Crippen molar-refractivity contribution in [2.24, 2.45) is 16.0 Å². The normalized spacial score (nSPS) is 11.0. The first-order valence-electron chi connectivity index (χ1n) is 11.9. The third-order valence-corrected chi connectivity index (χ3v) is 5.72. The van der Waals surface area contributed by atoms with Gasteiger partial charge in [-0.2, -0.15) is 5.11 Å². The Morgan fingerprint density at radius 2 is 1.64 bits per heavy atom. The Hall–Kier alpha value is -5.51. The van der Waals surface area contributed by atoms with Crippen LogP contribution in [-0.4, -0.2) is 26.0 Å². The van der Waals surface area contributed by atoms with E-state index in [1.807, 2.05) is 42.5 Å². The van der Waals surface area contributed by atoms with E-state index < -0.39 is 11.7 Å². The zero-order valence-corrected chi connectivity index (χ0v) is 20.5. The molecule has 39 heavy (non-hydrogen) atoms. The Labute approximate surface area is 223 Å². The largest absolute Gasteiger partial charge is 0.508 e. The highest BCUT2D eigenvalue weighted by atomic mass is 19.1. The van der Waals surface area contributed by atoms with E-state index in [1.165, 1.54) is 12.1 Å². The van der Waals surface area contributed by atoms with Crippen LogP contribution in [0.1, 0.15) is 16.1 Å². The molecule has 0 saturated heterocycles. The van der Waals surface area contributed by atoms with Crippen LogP contribution in [-0.2, 0) is 6.54 Å². The van der Waals surface area contributed by atoms with Gasteiger partial charge in [-0.05, 0) is 59.7 Å². The molecule has 0 spiro atoms. The van der Waals surface area contributed by atoms with E-state index in [1.54, 1.807) is 36.5 Å². The van der Waals surface area contributed by atoms with Gasteiger partial charge in [0, 0.05) is 16.8 Å². The molecule has 1 amide bonds. The molecule has 5 rings (SSSR count). The SMILES string of the molecule is NC(=O)c1cccc(-c2nc(N=NCc3ccc(Nc4ccc(-c5cccc(O)c5)cc4)cn3)ncc2F)c1. The molecule has 9 nitrogen and oxygen atoms in total. The van der Waals surface area contributed by atoms with E-state index in [0.29, 0.717) is 11.3 Å². The fraction of sp³-hybridized carbons (Fsp3) is 0.0345. The number of nitrogens with two attached hydrogens (primary N) is 1. The molecular weight excluding hydrogens is 497 g/mol. The minimum Gasteiger partial charge on any atom is -0.508 e. The third-order valence-electron chi connectivity index (χ3n) is 5.72. The molecule has 0 aliphatic rings. The van der Waals surface area contributed by atoms with Crippen molar-refractivity contribution in [2.75, 3.05) is 5.32 Å². The van der Waals surface area contributed by atoms with E-state index in [2.05, 4.69) is 30.5 Å². The standard InChI is InChI=1S/C29H22FN7O2/c30-26-17-33-29(36-27(26)20-4-1-5-21(13-20)28(31)39)37-34-16-23-11-12-24(15-32-23)35-22-9-7-18(8-10-22)19-3-2-6-25(38)14-19/h1-15,17,35,38H,16H2,(H2,31,39). The highest BCUT2D eigenvalue weighted by Crippen LogP contribution is 2.26. The number of carbonyl (C=O) groups is 1. The fourth-order valence-corrected chi connectivity index (χ4v) is 3.79. The Balaban J connectivity index is 1.21. The fourth-order valence-electron chi connectivity index (χ4n) is 3.79. The molecule has 0 aliphatic carbocycles. The summed E-state index contributed by atoms with van der Waals surface area (Å²) in [6.45, 7) is 0.173. The monoisotopic (exact) mass is 519 g/mol. The van der Waals surface area contributed by atoms with Crippen LogP contribution in [0, 0.1) is 5.82 Å². The van der Waals surface area contributed by atoms with Crippen molar-refractivity contribution in [3.05, 3.63) is 114 Å². The number of phenolic OH excluding ortho intramolecular Hbond substituents is 1. The molecule has 0 bridgehead atoms. The third kappa shape index (κ3) is 6.25. The van der Waals surface area contributed by atoms with Crippen molar-refractivity contribution in [3.63, 3.8) is 0 Å². The summed E-state index contributed by atoms with van der Waals surface area (Å²) < 4.78 is 14.3. The maximum absolute atomic E-state index is 14.3. The van der Waals surface area contributed by atoms with E-state index in [-0.39, 0.29) is 29.5 Å². The lowest BCUT2D eigenvalue weighted by molar-refractivity contribution is 0.100. The van der Waals surface area contributed by atoms with Gasteiger partial charge in [0.05, 0.1) is 23.8 Å². The molecule has 2 heterocycles. The molecule has 0 saturated carbocycles. The quantitative estimate of drug-likeness (QED) is 0.209. The van der Waals surface area contributed by atoms with Gasteiger partial charge >= 0.3 is 0 Å². The van der Waals surface area contributed by atoms with E-state index >= 15 is 0 Å². The molecule has 0 atom stereocenters. The lowest BCUT2D eigenvalue weighted by Crippen LogP contribution is -2.10. The number of carbonyl (C=O) groups excluding carboxylic acids is 1. The summed E-state index contributed by atoms with van der Waals surface area (Å²) >= 11 is 0.